The number of rotatable bonds is 7. The number of ether oxygens (including phenoxy) is 3. The van der Waals surface area contributed by atoms with E-state index in [0.717, 1.165) is 16.9 Å². The molecule has 5 heteroatoms. The maximum atomic E-state index is 12.3. The quantitative estimate of drug-likeness (QED) is 0.603. The molecule has 0 aliphatic carbocycles. The first-order chi connectivity index (χ1) is 12.7. The second kappa shape index (κ2) is 8.67. The summed E-state index contributed by atoms with van der Waals surface area (Å²) < 4.78 is 16.2. The fourth-order valence-electron chi connectivity index (χ4n) is 2.32. The Kier molecular flexibility index (Phi) is 5.83. The van der Waals surface area contributed by atoms with Crippen LogP contribution in [0.1, 0.15) is 21.5 Å². The predicted molar refractivity (Wildman–Crippen MR) is 97.1 cm³/mol. The molecule has 0 amide bonds. The molecule has 3 rings (SSSR count). The van der Waals surface area contributed by atoms with Gasteiger partial charge in [-0.15, -0.1) is 0 Å². The molecule has 132 valence electrons. The molecule has 2 aromatic carbocycles. The standard InChI is InChI=1S/C21H19NO4/c1-24-19-9-7-16(8-10-19)14-26-21(23)18-5-2-6-20(12-18)25-15-17-4-3-11-22-13-17/h2-13H,14-15H2,1H3. The molecule has 0 aliphatic heterocycles. The lowest BCUT2D eigenvalue weighted by Gasteiger charge is -2.09. The molecule has 26 heavy (non-hydrogen) atoms. The Bertz CT molecular complexity index is 847. The Morgan fingerprint density at radius 2 is 1.77 bits per heavy atom. The van der Waals surface area contributed by atoms with Crippen LogP contribution in [-0.4, -0.2) is 18.1 Å². The normalized spacial score (nSPS) is 10.2. The van der Waals surface area contributed by atoms with Gasteiger partial charge in [0.25, 0.3) is 0 Å². The smallest absolute Gasteiger partial charge is 0.338 e. The van der Waals surface area contributed by atoms with Crippen LogP contribution in [0, 0.1) is 0 Å². The van der Waals surface area contributed by atoms with Gasteiger partial charge in [0.1, 0.15) is 24.7 Å². The molecule has 0 atom stereocenters. The zero-order valence-electron chi connectivity index (χ0n) is 14.4. The first kappa shape index (κ1) is 17.5. The predicted octanol–water partition coefficient (Wildman–Crippen LogP) is 4.03. The van der Waals surface area contributed by atoms with Crippen molar-refractivity contribution in [1.82, 2.24) is 4.98 Å². The van der Waals surface area contributed by atoms with Crippen LogP contribution in [0.5, 0.6) is 11.5 Å². The van der Waals surface area contributed by atoms with E-state index < -0.39 is 5.97 Å². The summed E-state index contributed by atoms with van der Waals surface area (Å²) in [5, 5.41) is 0. The zero-order valence-corrected chi connectivity index (χ0v) is 14.4. The number of pyridine rings is 1. The van der Waals surface area contributed by atoms with Crippen molar-refractivity contribution in [2.45, 2.75) is 13.2 Å². The van der Waals surface area contributed by atoms with Crippen molar-refractivity contribution in [3.63, 3.8) is 0 Å². The number of benzene rings is 2. The third kappa shape index (κ3) is 4.83. The molecule has 3 aromatic rings. The molecule has 1 heterocycles. The van der Waals surface area contributed by atoms with Crippen molar-refractivity contribution >= 4 is 5.97 Å². The van der Waals surface area contributed by atoms with Crippen LogP contribution in [0.15, 0.2) is 73.1 Å². The maximum absolute atomic E-state index is 12.3. The molecule has 0 bridgehead atoms. The molecule has 0 radical (unpaired) electrons. The van der Waals surface area contributed by atoms with Crippen LogP contribution >= 0.6 is 0 Å². The number of methoxy groups -OCH3 is 1. The third-order valence-corrected chi connectivity index (χ3v) is 3.73. The van der Waals surface area contributed by atoms with E-state index in [1.807, 2.05) is 36.4 Å². The first-order valence-electron chi connectivity index (χ1n) is 8.16. The van der Waals surface area contributed by atoms with E-state index in [9.17, 15) is 4.79 Å². The fraction of sp³-hybridized carbons (Fsp3) is 0.143. The van der Waals surface area contributed by atoms with Crippen molar-refractivity contribution in [1.29, 1.82) is 0 Å². The van der Waals surface area contributed by atoms with Gasteiger partial charge in [0.2, 0.25) is 0 Å². The number of carbonyl (C=O) groups excluding carboxylic acids is 1. The van der Waals surface area contributed by atoms with E-state index in [-0.39, 0.29) is 6.61 Å². The lowest BCUT2D eigenvalue weighted by atomic mass is 10.2. The van der Waals surface area contributed by atoms with E-state index in [0.29, 0.717) is 17.9 Å². The van der Waals surface area contributed by atoms with Gasteiger partial charge in [-0.25, -0.2) is 4.79 Å². The average molecular weight is 349 g/mol. The lowest BCUT2D eigenvalue weighted by Crippen LogP contribution is -2.06. The highest BCUT2D eigenvalue weighted by molar-refractivity contribution is 5.89. The highest BCUT2D eigenvalue weighted by atomic mass is 16.5. The van der Waals surface area contributed by atoms with Crippen LogP contribution in [0.4, 0.5) is 0 Å². The maximum Gasteiger partial charge on any atom is 0.338 e. The summed E-state index contributed by atoms with van der Waals surface area (Å²) in [6, 6.07) is 18.1. The summed E-state index contributed by atoms with van der Waals surface area (Å²) in [6.45, 7) is 0.585. The van der Waals surface area contributed by atoms with Gasteiger partial charge in [0, 0.05) is 18.0 Å². The van der Waals surface area contributed by atoms with Gasteiger partial charge in [0.15, 0.2) is 0 Å². The summed E-state index contributed by atoms with van der Waals surface area (Å²) in [6.07, 6.45) is 3.45. The minimum absolute atomic E-state index is 0.198. The molecule has 0 aliphatic rings. The summed E-state index contributed by atoms with van der Waals surface area (Å²) in [4.78, 5) is 16.3. The van der Waals surface area contributed by atoms with Crippen molar-refractivity contribution in [2.75, 3.05) is 7.11 Å². The van der Waals surface area contributed by atoms with Crippen molar-refractivity contribution < 1.29 is 19.0 Å². The number of esters is 1. The minimum atomic E-state index is -0.396. The van der Waals surface area contributed by atoms with E-state index in [1.54, 1.807) is 43.8 Å². The van der Waals surface area contributed by atoms with E-state index >= 15 is 0 Å². The van der Waals surface area contributed by atoms with Crippen LogP contribution in [0.2, 0.25) is 0 Å². The summed E-state index contributed by atoms with van der Waals surface area (Å²) in [7, 11) is 1.61. The topological polar surface area (TPSA) is 57.7 Å². The second-order valence-electron chi connectivity index (χ2n) is 5.60. The van der Waals surface area contributed by atoms with Crippen LogP contribution in [0.25, 0.3) is 0 Å². The van der Waals surface area contributed by atoms with Gasteiger partial charge in [-0.05, 0) is 42.0 Å². The first-order valence-corrected chi connectivity index (χ1v) is 8.16. The second-order valence-corrected chi connectivity index (χ2v) is 5.60. The molecule has 0 unspecified atom stereocenters. The number of aromatic nitrogens is 1. The highest BCUT2D eigenvalue weighted by Crippen LogP contribution is 2.17. The highest BCUT2D eigenvalue weighted by Gasteiger charge is 2.09. The Balaban J connectivity index is 1.57. The Morgan fingerprint density at radius 1 is 0.923 bits per heavy atom. The van der Waals surface area contributed by atoms with Crippen LogP contribution < -0.4 is 9.47 Å². The number of hydrogen-bond acceptors (Lipinski definition) is 5. The number of nitrogens with zero attached hydrogens (tertiary/aromatic N) is 1. The van der Waals surface area contributed by atoms with E-state index in [1.165, 1.54) is 0 Å². The fourth-order valence-corrected chi connectivity index (χ4v) is 2.32. The van der Waals surface area contributed by atoms with Gasteiger partial charge in [-0.1, -0.05) is 24.3 Å². The van der Waals surface area contributed by atoms with Gasteiger partial charge in [-0.3, -0.25) is 4.98 Å². The molecular weight excluding hydrogens is 330 g/mol. The van der Waals surface area contributed by atoms with Gasteiger partial charge < -0.3 is 14.2 Å². The van der Waals surface area contributed by atoms with Crippen molar-refractivity contribution in [2.24, 2.45) is 0 Å². The monoisotopic (exact) mass is 349 g/mol. The Labute approximate surface area is 152 Å². The summed E-state index contributed by atoms with van der Waals surface area (Å²) in [5.74, 6) is 0.971. The van der Waals surface area contributed by atoms with Crippen LogP contribution in [0.3, 0.4) is 0 Å². The SMILES string of the molecule is COc1ccc(COC(=O)c2cccc(OCc3cccnc3)c2)cc1. The van der Waals surface area contributed by atoms with Crippen molar-refractivity contribution in [3.8, 4) is 11.5 Å². The van der Waals surface area contributed by atoms with Gasteiger partial charge >= 0.3 is 5.97 Å². The van der Waals surface area contributed by atoms with Gasteiger partial charge in [-0.2, -0.15) is 0 Å². The number of hydrogen-bond donors (Lipinski definition) is 0. The van der Waals surface area contributed by atoms with Gasteiger partial charge in [0.05, 0.1) is 12.7 Å². The zero-order chi connectivity index (χ0) is 18.2. The minimum Gasteiger partial charge on any atom is -0.497 e. The van der Waals surface area contributed by atoms with E-state index in [4.69, 9.17) is 14.2 Å². The molecule has 0 spiro atoms. The Morgan fingerprint density at radius 3 is 2.50 bits per heavy atom. The molecule has 0 N–H and O–H groups in total. The molecule has 1 aromatic heterocycles. The molecular formula is C21H19NO4. The third-order valence-electron chi connectivity index (χ3n) is 3.73. The lowest BCUT2D eigenvalue weighted by molar-refractivity contribution is 0.0472. The average Bonchev–Trinajstić information content (AvgIpc) is 2.72. The van der Waals surface area contributed by atoms with Crippen molar-refractivity contribution in [3.05, 3.63) is 89.7 Å². The number of carbonyl (C=O) groups is 1. The molecule has 0 saturated carbocycles. The largest absolute Gasteiger partial charge is 0.497 e. The van der Waals surface area contributed by atoms with Crippen LogP contribution in [-0.2, 0) is 18.0 Å². The summed E-state index contributed by atoms with van der Waals surface area (Å²) >= 11 is 0. The molecule has 5 nitrogen and oxygen atoms in total. The van der Waals surface area contributed by atoms with E-state index in [2.05, 4.69) is 4.98 Å². The molecule has 0 fully saturated rings. The Hall–Kier alpha value is -3.34. The molecule has 0 saturated heterocycles. The summed E-state index contributed by atoms with van der Waals surface area (Å²) in [5.41, 5.74) is 2.30.